The van der Waals surface area contributed by atoms with E-state index in [1.54, 1.807) is 11.3 Å². The van der Waals surface area contributed by atoms with Crippen LogP contribution in [0.5, 0.6) is 0 Å². The number of aryl methyl sites for hydroxylation is 1. The maximum absolute atomic E-state index is 5.68. The number of nitrogens with one attached hydrogen (secondary N) is 1. The van der Waals surface area contributed by atoms with Gasteiger partial charge in [0.05, 0.1) is 0 Å². The summed E-state index contributed by atoms with van der Waals surface area (Å²) in [6.07, 6.45) is 0. The van der Waals surface area contributed by atoms with Crippen LogP contribution >= 0.6 is 23.6 Å². The molecule has 0 unspecified atom stereocenters. The second kappa shape index (κ2) is 5.23. The molecule has 100 valence electrons. The van der Waals surface area contributed by atoms with Gasteiger partial charge in [-0.1, -0.05) is 12.2 Å². The van der Waals surface area contributed by atoms with Crippen LogP contribution in [-0.4, -0.2) is 4.99 Å². The molecule has 3 N–H and O–H groups in total. The Hall–Kier alpha value is -1.91. The van der Waals surface area contributed by atoms with Crippen molar-refractivity contribution in [3.8, 4) is 0 Å². The van der Waals surface area contributed by atoms with E-state index in [0.717, 1.165) is 22.5 Å². The van der Waals surface area contributed by atoms with Crippen LogP contribution in [0, 0.1) is 6.92 Å². The largest absolute Gasteiger partial charge is 0.389 e. The summed E-state index contributed by atoms with van der Waals surface area (Å²) in [6, 6.07) is 14.5. The molecule has 0 radical (unpaired) electrons. The summed E-state index contributed by atoms with van der Waals surface area (Å²) < 4.78 is 1.30. The summed E-state index contributed by atoms with van der Waals surface area (Å²) in [6.45, 7) is 2.02. The third-order valence-corrected chi connectivity index (χ3v) is 4.35. The maximum Gasteiger partial charge on any atom is 0.104 e. The minimum absolute atomic E-state index is 0.439. The molecule has 0 aliphatic rings. The number of benzene rings is 2. The third kappa shape index (κ3) is 2.53. The van der Waals surface area contributed by atoms with Crippen LogP contribution in [0.3, 0.4) is 0 Å². The second-order valence-corrected chi connectivity index (χ2v) is 6.08. The van der Waals surface area contributed by atoms with E-state index in [0.29, 0.717) is 4.99 Å². The number of nitrogens with two attached hydrogens (primary N) is 1. The molecular weight excluding hydrogens is 284 g/mol. The molecule has 0 atom stereocenters. The summed E-state index contributed by atoms with van der Waals surface area (Å²) in [4.78, 5) is 0.439. The van der Waals surface area contributed by atoms with Crippen LogP contribution in [-0.2, 0) is 0 Å². The van der Waals surface area contributed by atoms with Crippen molar-refractivity contribution in [2.45, 2.75) is 6.92 Å². The van der Waals surface area contributed by atoms with Gasteiger partial charge in [-0.2, -0.15) is 0 Å². The first kappa shape index (κ1) is 13.1. The molecule has 0 amide bonds. The quantitative estimate of drug-likeness (QED) is 0.695. The van der Waals surface area contributed by atoms with Crippen molar-refractivity contribution < 1.29 is 0 Å². The Bertz CT molecular complexity index is 790. The van der Waals surface area contributed by atoms with E-state index >= 15 is 0 Å². The summed E-state index contributed by atoms with van der Waals surface area (Å²) in [5.74, 6) is 0. The molecule has 3 rings (SSSR count). The molecule has 4 heteroatoms. The Morgan fingerprint density at radius 1 is 1.10 bits per heavy atom. The Balaban J connectivity index is 1.90. The molecule has 3 aromatic rings. The van der Waals surface area contributed by atoms with Gasteiger partial charge in [-0.05, 0) is 65.7 Å². The maximum atomic E-state index is 5.68. The first-order chi connectivity index (χ1) is 9.63. The van der Waals surface area contributed by atoms with Crippen LogP contribution in [0.25, 0.3) is 10.1 Å². The fraction of sp³-hybridized carbons (Fsp3) is 0.0625. The summed E-state index contributed by atoms with van der Waals surface area (Å²) in [5, 5.41) is 6.78. The molecule has 20 heavy (non-hydrogen) atoms. The topological polar surface area (TPSA) is 38.0 Å². The molecule has 1 aromatic heterocycles. The first-order valence-corrected chi connectivity index (χ1v) is 7.57. The molecular formula is C16H14N2S2. The van der Waals surface area contributed by atoms with Gasteiger partial charge in [-0.25, -0.2) is 0 Å². The van der Waals surface area contributed by atoms with E-state index in [1.807, 2.05) is 19.1 Å². The van der Waals surface area contributed by atoms with Gasteiger partial charge < -0.3 is 11.1 Å². The summed E-state index contributed by atoms with van der Waals surface area (Å²) in [7, 11) is 0. The predicted molar refractivity (Wildman–Crippen MR) is 92.2 cm³/mol. The van der Waals surface area contributed by atoms with E-state index in [9.17, 15) is 0 Å². The third-order valence-electron chi connectivity index (χ3n) is 3.23. The minimum atomic E-state index is 0.439. The number of thiophene rings is 1. The molecule has 0 saturated heterocycles. The van der Waals surface area contributed by atoms with Gasteiger partial charge in [0.15, 0.2) is 0 Å². The number of anilines is 2. The van der Waals surface area contributed by atoms with Gasteiger partial charge in [0, 0.05) is 21.6 Å². The zero-order chi connectivity index (χ0) is 14.1. The van der Waals surface area contributed by atoms with Crippen LogP contribution in [0.4, 0.5) is 11.4 Å². The lowest BCUT2D eigenvalue weighted by atomic mass is 10.1. The Kier molecular flexibility index (Phi) is 3.42. The smallest absolute Gasteiger partial charge is 0.104 e. The van der Waals surface area contributed by atoms with Crippen molar-refractivity contribution in [3.63, 3.8) is 0 Å². The molecule has 0 fully saturated rings. The van der Waals surface area contributed by atoms with Crippen LogP contribution < -0.4 is 11.1 Å². The lowest BCUT2D eigenvalue weighted by Gasteiger charge is -2.10. The standard InChI is InChI=1S/C16H14N2S2/c1-10-8-12(2-4-14(10)16(17)19)18-13-3-5-15-11(9-13)6-7-20-15/h2-9,18H,1H3,(H2,17,19). The van der Waals surface area contributed by atoms with Crippen molar-refractivity contribution in [1.82, 2.24) is 0 Å². The highest BCUT2D eigenvalue weighted by atomic mass is 32.1. The molecule has 0 saturated carbocycles. The van der Waals surface area contributed by atoms with E-state index in [-0.39, 0.29) is 0 Å². The van der Waals surface area contributed by atoms with E-state index in [4.69, 9.17) is 18.0 Å². The van der Waals surface area contributed by atoms with Gasteiger partial charge in [-0.3, -0.25) is 0 Å². The highest BCUT2D eigenvalue weighted by Gasteiger charge is 2.03. The summed E-state index contributed by atoms with van der Waals surface area (Å²) in [5.41, 5.74) is 9.81. The molecule has 1 heterocycles. The normalized spacial score (nSPS) is 10.7. The number of hydrogen-bond acceptors (Lipinski definition) is 3. The van der Waals surface area contributed by atoms with E-state index in [1.165, 1.54) is 10.1 Å². The molecule has 0 bridgehead atoms. The number of hydrogen-bond donors (Lipinski definition) is 2. The van der Waals surface area contributed by atoms with Gasteiger partial charge in [0.25, 0.3) is 0 Å². The lowest BCUT2D eigenvalue weighted by molar-refractivity contribution is 1.42. The molecule has 0 spiro atoms. The van der Waals surface area contributed by atoms with Gasteiger partial charge >= 0.3 is 0 Å². The van der Waals surface area contributed by atoms with Gasteiger partial charge in [-0.15, -0.1) is 11.3 Å². The van der Waals surface area contributed by atoms with E-state index < -0.39 is 0 Å². The first-order valence-electron chi connectivity index (χ1n) is 6.28. The fourth-order valence-electron chi connectivity index (χ4n) is 2.23. The predicted octanol–water partition coefficient (Wildman–Crippen LogP) is 4.59. The Morgan fingerprint density at radius 2 is 1.85 bits per heavy atom. The zero-order valence-electron chi connectivity index (χ0n) is 11.0. The summed E-state index contributed by atoms with van der Waals surface area (Å²) >= 11 is 6.78. The lowest BCUT2D eigenvalue weighted by Crippen LogP contribution is -2.11. The highest BCUT2D eigenvalue weighted by Crippen LogP contribution is 2.26. The Morgan fingerprint density at radius 3 is 2.60 bits per heavy atom. The van der Waals surface area contributed by atoms with Crippen LogP contribution in [0.15, 0.2) is 47.8 Å². The molecule has 2 nitrogen and oxygen atoms in total. The molecule has 2 aromatic carbocycles. The Labute approximate surface area is 127 Å². The van der Waals surface area contributed by atoms with E-state index in [2.05, 4.69) is 41.0 Å². The van der Waals surface area contributed by atoms with Crippen molar-refractivity contribution in [2.24, 2.45) is 5.73 Å². The number of thiocarbonyl (C=S) groups is 1. The minimum Gasteiger partial charge on any atom is -0.389 e. The van der Waals surface area contributed by atoms with Crippen molar-refractivity contribution in [3.05, 3.63) is 59.0 Å². The number of rotatable bonds is 3. The van der Waals surface area contributed by atoms with Crippen LogP contribution in [0.1, 0.15) is 11.1 Å². The second-order valence-electron chi connectivity index (χ2n) is 4.69. The monoisotopic (exact) mass is 298 g/mol. The average Bonchev–Trinajstić information content (AvgIpc) is 2.85. The molecule has 0 aliphatic heterocycles. The van der Waals surface area contributed by atoms with Crippen molar-refractivity contribution in [2.75, 3.05) is 5.32 Å². The number of fused-ring (bicyclic) bond motifs is 1. The van der Waals surface area contributed by atoms with Crippen LogP contribution in [0.2, 0.25) is 0 Å². The van der Waals surface area contributed by atoms with Crippen molar-refractivity contribution in [1.29, 1.82) is 0 Å². The van der Waals surface area contributed by atoms with Crippen molar-refractivity contribution >= 4 is 50.0 Å². The average molecular weight is 298 g/mol. The fourth-order valence-corrected chi connectivity index (χ4v) is 3.23. The van der Waals surface area contributed by atoms with Gasteiger partial charge in [0.1, 0.15) is 4.99 Å². The van der Waals surface area contributed by atoms with Gasteiger partial charge in [0.2, 0.25) is 0 Å². The SMILES string of the molecule is Cc1cc(Nc2ccc3sccc3c2)ccc1C(N)=S. The highest BCUT2D eigenvalue weighted by molar-refractivity contribution is 7.80. The molecule has 0 aliphatic carbocycles. The zero-order valence-corrected chi connectivity index (χ0v) is 12.6.